The standard InChI is InChI=1S/C39H38BrN3O5/c1-27(8-7-13-36(45)41(22-23-44)25-28-9-3-2-4-10-28)39(48)33-24-31(40)17-20-35(33)42(38(39)47)26-29-14-18-32(19-15-29)43-34-12-6-5-11-30(34)16-21-37(43)46/h2-12,14-15,17-20,24,27,44,48H,13,16,21-23,25-26H2,1H3/b8-7+/t27-,39+/m1/s1. The molecule has 0 aromatic heterocycles. The number of aliphatic hydroxyl groups is 2. The van der Waals surface area contributed by atoms with Crippen molar-refractivity contribution < 1.29 is 24.6 Å². The molecule has 6 rings (SSSR count). The number of nitrogens with zero attached hydrogens (tertiary/aromatic N) is 3. The molecule has 4 aromatic rings. The van der Waals surface area contributed by atoms with E-state index >= 15 is 0 Å². The van der Waals surface area contributed by atoms with Gasteiger partial charge in [0.2, 0.25) is 11.8 Å². The van der Waals surface area contributed by atoms with Crippen LogP contribution in [-0.2, 0) is 39.5 Å². The molecule has 0 bridgehead atoms. The summed E-state index contributed by atoms with van der Waals surface area (Å²) >= 11 is 3.50. The lowest BCUT2D eigenvalue weighted by Gasteiger charge is -2.30. The molecule has 2 N–H and O–H groups in total. The zero-order valence-electron chi connectivity index (χ0n) is 26.8. The summed E-state index contributed by atoms with van der Waals surface area (Å²) in [6.45, 7) is 2.43. The Bertz CT molecular complexity index is 1840. The summed E-state index contributed by atoms with van der Waals surface area (Å²) in [5.74, 6) is -1.22. The van der Waals surface area contributed by atoms with Crippen LogP contribution < -0.4 is 9.80 Å². The Kier molecular flexibility index (Phi) is 9.91. The normalized spacial score (nSPS) is 17.8. The van der Waals surface area contributed by atoms with Crippen LogP contribution in [0.25, 0.3) is 0 Å². The van der Waals surface area contributed by atoms with Gasteiger partial charge in [-0.05, 0) is 59.5 Å². The first kappa shape index (κ1) is 33.3. The number of carbonyl (C=O) groups excluding carboxylic acids is 3. The molecule has 8 nitrogen and oxygen atoms in total. The molecule has 2 aliphatic heterocycles. The van der Waals surface area contributed by atoms with Gasteiger partial charge in [0.25, 0.3) is 5.91 Å². The van der Waals surface area contributed by atoms with Crippen molar-refractivity contribution >= 4 is 50.7 Å². The van der Waals surface area contributed by atoms with Gasteiger partial charge >= 0.3 is 0 Å². The lowest BCUT2D eigenvalue weighted by molar-refractivity contribution is -0.139. The van der Waals surface area contributed by atoms with Gasteiger partial charge in [0.1, 0.15) is 0 Å². The Labute approximate surface area is 289 Å². The first-order valence-electron chi connectivity index (χ1n) is 16.1. The van der Waals surface area contributed by atoms with Gasteiger partial charge in [-0.25, -0.2) is 0 Å². The van der Waals surface area contributed by atoms with Gasteiger partial charge in [-0.2, -0.15) is 0 Å². The molecule has 0 fully saturated rings. The predicted molar refractivity (Wildman–Crippen MR) is 189 cm³/mol. The van der Waals surface area contributed by atoms with E-state index < -0.39 is 17.4 Å². The van der Waals surface area contributed by atoms with Crippen LogP contribution in [0.2, 0.25) is 0 Å². The highest BCUT2D eigenvalue weighted by Crippen LogP contribution is 2.47. The summed E-state index contributed by atoms with van der Waals surface area (Å²) in [6, 6.07) is 30.5. The molecule has 2 heterocycles. The third kappa shape index (κ3) is 6.58. The minimum atomic E-state index is -1.85. The van der Waals surface area contributed by atoms with Gasteiger partial charge in [-0.1, -0.05) is 95.7 Å². The Morgan fingerprint density at radius 2 is 1.67 bits per heavy atom. The zero-order valence-corrected chi connectivity index (χ0v) is 28.3. The SMILES string of the molecule is C[C@H](/C=C/CC(=O)N(CCO)Cc1ccccc1)[C@@]1(O)C(=O)N(Cc2ccc(N3C(=O)CCc4ccccc43)cc2)c2ccc(Br)cc21. The fraction of sp³-hybridized carbons (Fsp3) is 0.256. The van der Waals surface area contributed by atoms with Crippen molar-refractivity contribution in [2.75, 3.05) is 23.0 Å². The lowest BCUT2D eigenvalue weighted by Crippen LogP contribution is -2.44. The quantitative estimate of drug-likeness (QED) is 0.176. The van der Waals surface area contributed by atoms with E-state index in [-0.39, 0.29) is 37.9 Å². The molecule has 0 saturated carbocycles. The fourth-order valence-corrected chi connectivity index (χ4v) is 6.94. The summed E-state index contributed by atoms with van der Waals surface area (Å²) in [4.78, 5) is 45.0. The van der Waals surface area contributed by atoms with Gasteiger partial charge in [0.05, 0.1) is 24.5 Å². The summed E-state index contributed by atoms with van der Waals surface area (Å²) in [7, 11) is 0. The van der Waals surface area contributed by atoms with Crippen LogP contribution in [0, 0.1) is 5.92 Å². The molecule has 0 aliphatic carbocycles. The van der Waals surface area contributed by atoms with Crippen LogP contribution in [0.1, 0.15) is 42.0 Å². The Hall–Kier alpha value is -4.57. The van der Waals surface area contributed by atoms with E-state index in [9.17, 15) is 24.6 Å². The van der Waals surface area contributed by atoms with Crippen molar-refractivity contribution in [3.63, 3.8) is 0 Å². The van der Waals surface area contributed by atoms with Crippen molar-refractivity contribution in [3.05, 3.63) is 136 Å². The third-order valence-corrected chi connectivity index (χ3v) is 9.66. The number of anilines is 3. The number of aliphatic hydroxyl groups excluding tert-OH is 1. The summed E-state index contributed by atoms with van der Waals surface area (Å²) < 4.78 is 0.733. The number of halogens is 1. The number of para-hydroxylation sites is 1. The first-order chi connectivity index (χ1) is 23.2. The number of amides is 3. The Morgan fingerprint density at radius 1 is 0.938 bits per heavy atom. The molecule has 0 unspecified atom stereocenters. The molecule has 0 saturated heterocycles. The monoisotopic (exact) mass is 707 g/mol. The minimum Gasteiger partial charge on any atom is -0.395 e. The molecule has 0 spiro atoms. The van der Waals surface area contributed by atoms with Gasteiger partial charge in [0, 0.05) is 47.6 Å². The van der Waals surface area contributed by atoms with Crippen molar-refractivity contribution in [2.24, 2.45) is 5.92 Å². The lowest BCUT2D eigenvalue weighted by atomic mass is 9.83. The number of carbonyl (C=O) groups is 3. The highest BCUT2D eigenvalue weighted by molar-refractivity contribution is 9.10. The van der Waals surface area contributed by atoms with E-state index in [0.29, 0.717) is 24.2 Å². The van der Waals surface area contributed by atoms with Crippen LogP contribution in [0.4, 0.5) is 17.1 Å². The van der Waals surface area contributed by atoms with Gasteiger partial charge in [-0.3, -0.25) is 19.3 Å². The van der Waals surface area contributed by atoms with Gasteiger partial charge in [-0.15, -0.1) is 0 Å². The average molecular weight is 709 g/mol. The number of hydrogen-bond acceptors (Lipinski definition) is 5. The maximum Gasteiger partial charge on any atom is 0.264 e. The molecule has 246 valence electrons. The van der Waals surface area contributed by atoms with E-state index in [1.54, 1.807) is 39.8 Å². The van der Waals surface area contributed by atoms with E-state index in [2.05, 4.69) is 15.9 Å². The molecule has 2 atom stereocenters. The van der Waals surface area contributed by atoms with E-state index in [0.717, 1.165) is 39.0 Å². The number of fused-ring (bicyclic) bond motifs is 2. The topological polar surface area (TPSA) is 101 Å². The van der Waals surface area contributed by atoms with Crippen molar-refractivity contribution in [1.82, 2.24) is 4.90 Å². The Balaban J connectivity index is 1.19. The van der Waals surface area contributed by atoms with Gasteiger partial charge in [0.15, 0.2) is 5.60 Å². The number of aryl methyl sites for hydroxylation is 1. The molecular formula is C39H38BrN3O5. The van der Waals surface area contributed by atoms with Crippen LogP contribution in [0.15, 0.2) is 114 Å². The fourth-order valence-electron chi connectivity index (χ4n) is 6.58. The summed E-state index contributed by atoms with van der Waals surface area (Å²) in [5, 5.41) is 21.6. The Morgan fingerprint density at radius 3 is 2.42 bits per heavy atom. The van der Waals surface area contributed by atoms with Crippen molar-refractivity contribution in [3.8, 4) is 0 Å². The molecule has 2 aliphatic rings. The number of hydrogen-bond donors (Lipinski definition) is 2. The van der Waals surface area contributed by atoms with E-state index in [4.69, 9.17) is 0 Å². The highest BCUT2D eigenvalue weighted by Gasteiger charge is 2.52. The number of rotatable bonds is 11. The average Bonchev–Trinajstić information content (AvgIpc) is 3.30. The van der Waals surface area contributed by atoms with Crippen molar-refractivity contribution in [1.29, 1.82) is 0 Å². The molecule has 9 heteroatoms. The third-order valence-electron chi connectivity index (χ3n) is 9.17. The second-order valence-corrected chi connectivity index (χ2v) is 13.2. The maximum atomic E-state index is 14.1. The van der Waals surface area contributed by atoms with Crippen molar-refractivity contribution in [2.45, 2.75) is 44.9 Å². The molecule has 0 radical (unpaired) electrons. The summed E-state index contributed by atoms with van der Waals surface area (Å²) in [6.07, 6.45) is 4.63. The van der Waals surface area contributed by atoms with Gasteiger partial charge < -0.3 is 20.0 Å². The first-order valence-corrected chi connectivity index (χ1v) is 16.9. The van der Waals surface area contributed by atoms with Crippen LogP contribution in [-0.4, -0.2) is 46.0 Å². The largest absolute Gasteiger partial charge is 0.395 e. The second-order valence-electron chi connectivity index (χ2n) is 12.3. The summed E-state index contributed by atoms with van der Waals surface area (Å²) in [5.41, 5.74) is 3.85. The highest BCUT2D eigenvalue weighted by atomic mass is 79.9. The molecular weight excluding hydrogens is 670 g/mol. The van der Waals surface area contributed by atoms with E-state index in [1.807, 2.05) is 91.0 Å². The minimum absolute atomic E-state index is 0.0433. The predicted octanol–water partition coefficient (Wildman–Crippen LogP) is 6.40. The molecule has 3 amide bonds. The van der Waals surface area contributed by atoms with E-state index in [1.165, 1.54) is 0 Å². The van der Waals surface area contributed by atoms with Crippen LogP contribution >= 0.6 is 15.9 Å². The molecule has 4 aromatic carbocycles. The van der Waals surface area contributed by atoms with Crippen LogP contribution in [0.5, 0.6) is 0 Å². The number of benzene rings is 4. The maximum absolute atomic E-state index is 14.1. The smallest absolute Gasteiger partial charge is 0.264 e. The van der Waals surface area contributed by atoms with Crippen LogP contribution in [0.3, 0.4) is 0 Å². The zero-order chi connectivity index (χ0) is 33.8. The second kappa shape index (κ2) is 14.3. The molecule has 48 heavy (non-hydrogen) atoms.